The van der Waals surface area contributed by atoms with E-state index in [-0.39, 0.29) is 11.9 Å². The summed E-state index contributed by atoms with van der Waals surface area (Å²) in [7, 11) is 3.48. The third kappa shape index (κ3) is 2.65. The normalized spacial score (nSPS) is 12.2. The lowest BCUT2D eigenvalue weighted by atomic mass is 9.93. The number of nitrogens with zero attached hydrogens (tertiary/aromatic N) is 1. The van der Waals surface area contributed by atoms with Crippen LogP contribution >= 0.6 is 0 Å². The second kappa shape index (κ2) is 6.01. The van der Waals surface area contributed by atoms with E-state index >= 15 is 0 Å². The first kappa shape index (κ1) is 14.5. The predicted octanol–water partition coefficient (Wildman–Crippen LogP) is 3.15. The Labute approximate surface area is 118 Å². The van der Waals surface area contributed by atoms with Crippen LogP contribution in [0.3, 0.4) is 0 Å². The summed E-state index contributed by atoms with van der Waals surface area (Å²) in [6, 6.07) is 5.52. The summed E-state index contributed by atoms with van der Waals surface area (Å²) in [6.07, 6.45) is 2.85. The largest absolute Gasteiger partial charge is 0.496 e. The third-order valence-electron chi connectivity index (χ3n) is 3.50. The van der Waals surface area contributed by atoms with Crippen molar-refractivity contribution in [2.24, 2.45) is 0 Å². The molecule has 20 heavy (non-hydrogen) atoms. The molecule has 3 nitrogen and oxygen atoms in total. The number of benzene rings is 1. The number of hydrogen-bond acceptors (Lipinski definition) is 3. The molecule has 0 amide bonds. The number of hydrogen-bond donors (Lipinski definition) is 1. The molecule has 0 saturated heterocycles. The average molecular weight is 274 g/mol. The van der Waals surface area contributed by atoms with Gasteiger partial charge in [-0.05, 0) is 49.7 Å². The van der Waals surface area contributed by atoms with E-state index in [9.17, 15) is 4.39 Å². The van der Waals surface area contributed by atoms with Gasteiger partial charge in [-0.25, -0.2) is 4.39 Å². The molecular formula is C16H19FN2O. The second-order valence-electron chi connectivity index (χ2n) is 4.80. The van der Waals surface area contributed by atoms with Gasteiger partial charge < -0.3 is 10.1 Å². The quantitative estimate of drug-likeness (QED) is 0.930. The Hall–Kier alpha value is -1.94. The van der Waals surface area contributed by atoms with E-state index in [0.717, 1.165) is 22.4 Å². The fourth-order valence-electron chi connectivity index (χ4n) is 2.44. The van der Waals surface area contributed by atoms with Crippen LogP contribution in [0.2, 0.25) is 0 Å². The van der Waals surface area contributed by atoms with Crippen molar-refractivity contribution in [2.75, 3.05) is 14.2 Å². The van der Waals surface area contributed by atoms with Crippen molar-refractivity contribution in [3.63, 3.8) is 0 Å². The van der Waals surface area contributed by atoms with E-state index in [2.05, 4.69) is 10.3 Å². The molecule has 1 aromatic heterocycles. The lowest BCUT2D eigenvalue weighted by Gasteiger charge is -2.21. The number of pyridine rings is 1. The van der Waals surface area contributed by atoms with Crippen molar-refractivity contribution >= 4 is 0 Å². The maximum atomic E-state index is 14.0. The lowest BCUT2D eigenvalue weighted by Crippen LogP contribution is -2.20. The van der Waals surface area contributed by atoms with Gasteiger partial charge in [0.15, 0.2) is 0 Å². The number of aromatic nitrogens is 1. The van der Waals surface area contributed by atoms with Gasteiger partial charge in [0.1, 0.15) is 11.6 Å². The Kier molecular flexibility index (Phi) is 4.35. The molecule has 4 heteroatoms. The molecule has 1 heterocycles. The van der Waals surface area contributed by atoms with Crippen LogP contribution in [0.5, 0.6) is 5.75 Å². The number of ether oxygens (including phenoxy) is 1. The summed E-state index contributed by atoms with van der Waals surface area (Å²) in [5, 5.41) is 3.17. The topological polar surface area (TPSA) is 34.1 Å². The number of aryl methyl sites for hydroxylation is 2. The number of methoxy groups -OCH3 is 1. The van der Waals surface area contributed by atoms with Crippen LogP contribution in [0.1, 0.15) is 28.3 Å². The highest BCUT2D eigenvalue weighted by molar-refractivity contribution is 5.45. The second-order valence-corrected chi connectivity index (χ2v) is 4.80. The van der Waals surface area contributed by atoms with Crippen molar-refractivity contribution in [1.82, 2.24) is 10.3 Å². The Balaban J connectivity index is 2.53. The molecule has 0 aliphatic rings. The minimum absolute atomic E-state index is 0.206. The molecule has 1 unspecified atom stereocenters. The van der Waals surface area contributed by atoms with Crippen LogP contribution in [-0.2, 0) is 0 Å². The van der Waals surface area contributed by atoms with Gasteiger partial charge in [-0.3, -0.25) is 4.98 Å². The van der Waals surface area contributed by atoms with Crippen molar-refractivity contribution in [1.29, 1.82) is 0 Å². The van der Waals surface area contributed by atoms with E-state index < -0.39 is 0 Å². The van der Waals surface area contributed by atoms with Crippen molar-refractivity contribution in [3.05, 3.63) is 58.7 Å². The molecule has 0 spiro atoms. The Morgan fingerprint density at radius 2 is 1.95 bits per heavy atom. The number of nitrogens with one attached hydrogen (secondary N) is 1. The molecule has 0 saturated carbocycles. The Morgan fingerprint density at radius 3 is 2.55 bits per heavy atom. The van der Waals surface area contributed by atoms with Gasteiger partial charge in [-0.1, -0.05) is 6.07 Å². The summed E-state index contributed by atoms with van der Waals surface area (Å²) in [4.78, 5) is 3.80. The summed E-state index contributed by atoms with van der Waals surface area (Å²) < 4.78 is 19.3. The predicted molar refractivity (Wildman–Crippen MR) is 77.6 cm³/mol. The molecule has 1 aromatic carbocycles. The highest BCUT2D eigenvalue weighted by Crippen LogP contribution is 2.30. The fraction of sp³-hybridized carbons (Fsp3) is 0.312. The van der Waals surface area contributed by atoms with Gasteiger partial charge in [0.25, 0.3) is 0 Å². The van der Waals surface area contributed by atoms with Gasteiger partial charge in [-0.2, -0.15) is 0 Å². The van der Waals surface area contributed by atoms with Gasteiger partial charge in [-0.15, -0.1) is 0 Å². The van der Waals surface area contributed by atoms with E-state index in [1.54, 1.807) is 19.4 Å². The van der Waals surface area contributed by atoms with Crippen LogP contribution in [0.15, 0.2) is 30.6 Å². The Morgan fingerprint density at radius 1 is 1.20 bits per heavy atom. The maximum Gasteiger partial charge on any atom is 0.146 e. The van der Waals surface area contributed by atoms with E-state index in [0.29, 0.717) is 5.56 Å². The highest BCUT2D eigenvalue weighted by atomic mass is 19.1. The first-order chi connectivity index (χ1) is 9.58. The number of rotatable bonds is 4. The SMILES string of the molecule is CNC(c1cc(C)c(OC)cc1C)c1ccncc1F. The maximum absolute atomic E-state index is 14.0. The molecule has 0 aliphatic carbocycles. The van der Waals surface area contributed by atoms with Crippen molar-refractivity contribution < 1.29 is 9.13 Å². The van der Waals surface area contributed by atoms with Gasteiger partial charge in [0, 0.05) is 11.8 Å². The first-order valence-corrected chi connectivity index (χ1v) is 6.50. The van der Waals surface area contributed by atoms with E-state index in [1.807, 2.05) is 33.0 Å². The monoisotopic (exact) mass is 274 g/mol. The summed E-state index contributed by atoms with van der Waals surface area (Å²) in [6.45, 7) is 3.98. The van der Waals surface area contributed by atoms with E-state index in [4.69, 9.17) is 4.74 Å². The fourth-order valence-corrected chi connectivity index (χ4v) is 2.44. The van der Waals surface area contributed by atoms with Crippen LogP contribution in [-0.4, -0.2) is 19.1 Å². The van der Waals surface area contributed by atoms with Gasteiger partial charge in [0.2, 0.25) is 0 Å². The minimum atomic E-state index is -0.306. The minimum Gasteiger partial charge on any atom is -0.496 e. The van der Waals surface area contributed by atoms with Crippen LogP contribution < -0.4 is 10.1 Å². The van der Waals surface area contributed by atoms with Crippen LogP contribution in [0.25, 0.3) is 0 Å². The van der Waals surface area contributed by atoms with Crippen molar-refractivity contribution in [3.8, 4) is 5.75 Å². The molecule has 0 fully saturated rings. The zero-order valence-corrected chi connectivity index (χ0v) is 12.2. The van der Waals surface area contributed by atoms with Gasteiger partial charge in [0.05, 0.1) is 19.3 Å². The molecule has 0 radical (unpaired) electrons. The lowest BCUT2D eigenvalue weighted by molar-refractivity contribution is 0.411. The summed E-state index contributed by atoms with van der Waals surface area (Å²) in [5.74, 6) is 0.538. The summed E-state index contributed by atoms with van der Waals surface area (Å²) in [5.41, 5.74) is 3.72. The average Bonchev–Trinajstić information content (AvgIpc) is 2.45. The Bertz CT molecular complexity index is 613. The molecule has 1 N–H and O–H groups in total. The molecular weight excluding hydrogens is 255 g/mol. The highest BCUT2D eigenvalue weighted by Gasteiger charge is 2.19. The van der Waals surface area contributed by atoms with Crippen molar-refractivity contribution in [2.45, 2.75) is 19.9 Å². The zero-order chi connectivity index (χ0) is 14.7. The van der Waals surface area contributed by atoms with Crippen LogP contribution in [0.4, 0.5) is 4.39 Å². The summed E-state index contributed by atoms with van der Waals surface area (Å²) >= 11 is 0. The molecule has 2 aromatic rings. The molecule has 0 aliphatic heterocycles. The molecule has 1 atom stereocenters. The third-order valence-corrected chi connectivity index (χ3v) is 3.50. The first-order valence-electron chi connectivity index (χ1n) is 6.50. The molecule has 106 valence electrons. The molecule has 0 bridgehead atoms. The van der Waals surface area contributed by atoms with Crippen LogP contribution in [0, 0.1) is 19.7 Å². The van der Waals surface area contributed by atoms with E-state index in [1.165, 1.54) is 6.20 Å². The zero-order valence-electron chi connectivity index (χ0n) is 12.2. The number of halogens is 1. The standard InChI is InChI=1S/C16H19FN2O/c1-10-8-15(20-4)11(2)7-13(10)16(18-3)12-5-6-19-9-14(12)17/h5-9,16,18H,1-4H3. The van der Waals surface area contributed by atoms with Gasteiger partial charge >= 0.3 is 0 Å². The smallest absolute Gasteiger partial charge is 0.146 e. The molecule has 2 rings (SSSR count).